The average molecular weight is 413 g/mol. The summed E-state index contributed by atoms with van der Waals surface area (Å²) in [6.45, 7) is 9.24. The summed E-state index contributed by atoms with van der Waals surface area (Å²) >= 11 is 0. The fraction of sp³-hybridized carbons (Fsp3) is 0.714. The fourth-order valence-corrected chi connectivity index (χ4v) is 4.00. The number of hydrogen-bond acceptors (Lipinski definition) is 7. The van der Waals surface area contributed by atoms with E-state index in [9.17, 15) is 19.8 Å². The highest BCUT2D eigenvalue weighted by atomic mass is 16.6. The highest BCUT2D eigenvalue weighted by Crippen LogP contribution is 2.29. The van der Waals surface area contributed by atoms with Gasteiger partial charge in [-0.1, -0.05) is 6.08 Å². The van der Waals surface area contributed by atoms with Crippen molar-refractivity contribution in [3.8, 4) is 0 Å². The van der Waals surface area contributed by atoms with Crippen LogP contribution in [0.3, 0.4) is 0 Å². The molecule has 2 heterocycles. The van der Waals surface area contributed by atoms with Crippen molar-refractivity contribution in [2.45, 2.75) is 70.5 Å². The third kappa shape index (κ3) is 4.55. The number of carbonyl (C=O) groups excluding carboxylic acids is 2. The van der Waals surface area contributed by atoms with E-state index < -0.39 is 23.3 Å². The second-order valence-corrected chi connectivity index (χ2v) is 8.35. The predicted molar refractivity (Wildman–Crippen MR) is 105 cm³/mol. The van der Waals surface area contributed by atoms with Crippen LogP contribution < -0.4 is 4.90 Å². The maximum absolute atomic E-state index is 12.7. The molecule has 0 aromatic carbocycles. The quantitative estimate of drug-likeness (QED) is 0.281. The first-order valence-electron chi connectivity index (χ1n) is 9.99. The minimum atomic E-state index is -2.22. The molecule has 0 radical (unpaired) electrons. The summed E-state index contributed by atoms with van der Waals surface area (Å²) in [6, 6.07) is -0.0773. The lowest BCUT2D eigenvalue weighted by atomic mass is 9.81. The van der Waals surface area contributed by atoms with Crippen LogP contribution in [-0.4, -0.2) is 78.4 Å². The summed E-state index contributed by atoms with van der Waals surface area (Å²) in [4.78, 5) is 26.1. The van der Waals surface area contributed by atoms with E-state index in [-0.39, 0.29) is 24.7 Å². The monoisotopic (exact) mass is 412 g/mol. The number of fused-ring (bicyclic) bond motifs is 1. The van der Waals surface area contributed by atoms with E-state index in [2.05, 4.69) is 0 Å². The maximum Gasteiger partial charge on any atom is 0.344 e. The van der Waals surface area contributed by atoms with E-state index in [1.807, 2.05) is 6.08 Å². The number of carbonyl (C=O) groups is 2. The van der Waals surface area contributed by atoms with Crippen LogP contribution in [0.15, 0.2) is 23.3 Å². The Hall–Kier alpha value is -1.74. The first kappa shape index (κ1) is 23.5. The Morgan fingerprint density at radius 2 is 2.03 bits per heavy atom. The van der Waals surface area contributed by atoms with Crippen molar-refractivity contribution in [2.24, 2.45) is 0 Å². The van der Waals surface area contributed by atoms with Crippen molar-refractivity contribution in [2.75, 3.05) is 26.8 Å². The largest absolute Gasteiger partial charge is 0.459 e. The predicted octanol–water partition coefficient (Wildman–Crippen LogP) is -0.458. The Morgan fingerprint density at radius 1 is 1.38 bits per heavy atom. The zero-order chi connectivity index (χ0) is 22.0. The summed E-state index contributed by atoms with van der Waals surface area (Å²) in [5, 5.41) is 21.2. The van der Waals surface area contributed by atoms with Crippen molar-refractivity contribution in [3.63, 3.8) is 0 Å². The molecule has 164 valence electrons. The Morgan fingerprint density at radius 3 is 2.59 bits per heavy atom. The number of allylic oxidation sites excluding steroid dienone is 1. The molecule has 0 saturated carbocycles. The van der Waals surface area contributed by atoms with Gasteiger partial charge in [-0.3, -0.25) is 0 Å². The lowest BCUT2D eigenvalue weighted by molar-refractivity contribution is -0.896. The van der Waals surface area contributed by atoms with Gasteiger partial charge in [0, 0.05) is 24.7 Å². The van der Waals surface area contributed by atoms with Crippen molar-refractivity contribution >= 4 is 11.9 Å². The van der Waals surface area contributed by atoms with Gasteiger partial charge >= 0.3 is 11.9 Å². The van der Waals surface area contributed by atoms with Gasteiger partial charge in [-0.2, -0.15) is 0 Å². The van der Waals surface area contributed by atoms with Gasteiger partial charge in [-0.25, -0.2) is 9.59 Å². The number of rotatable bonds is 8. The van der Waals surface area contributed by atoms with Crippen LogP contribution in [0.4, 0.5) is 0 Å². The molecular formula is C21H34NO7+. The first-order valence-corrected chi connectivity index (χ1v) is 9.99. The molecule has 0 aliphatic carbocycles. The zero-order valence-electron chi connectivity index (χ0n) is 18.2. The lowest BCUT2D eigenvalue weighted by Crippen LogP contribution is -3.12. The van der Waals surface area contributed by atoms with Crippen LogP contribution in [0.25, 0.3) is 0 Å². The molecule has 2 rings (SSSR count). The second-order valence-electron chi connectivity index (χ2n) is 8.35. The van der Waals surface area contributed by atoms with E-state index in [4.69, 9.17) is 14.2 Å². The van der Waals surface area contributed by atoms with Gasteiger partial charge in [0.05, 0.1) is 19.2 Å². The standard InChI is InChI=1S/C21H33NO7/c1-7-13(2)18(23)29-16-9-11-22-10-8-15(17(16)22)12-28-19(24)21(26,14(3)27-6)20(4,5)25/h7-8,14,16-17,25-26H,9-12H2,1-6H3/p+1/b13-7-/t14-,16-,17+,21+/m0/s1. The Bertz CT molecular complexity index is 694. The molecule has 1 unspecified atom stereocenters. The summed E-state index contributed by atoms with van der Waals surface area (Å²) in [6.07, 6.45) is 3.18. The Balaban J connectivity index is 2.08. The molecule has 29 heavy (non-hydrogen) atoms. The molecule has 0 aromatic rings. The van der Waals surface area contributed by atoms with Gasteiger partial charge in [0.2, 0.25) is 5.60 Å². The molecule has 0 amide bonds. The van der Waals surface area contributed by atoms with Gasteiger partial charge in [-0.15, -0.1) is 0 Å². The topological polar surface area (TPSA) is 107 Å². The van der Waals surface area contributed by atoms with Gasteiger partial charge < -0.3 is 29.3 Å². The van der Waals surface area contributed by atoms with E-state index in [0.717, 1.165) is 25.1 Å². The third-order valence-electron chi connectivity index (χ3n) is 6.16. The van der Waals surface area contributed by atoms with Gasteiger partial charge in [0.25, 0.3) is 0 Å². The number of methoxy groups -OCH3 is 1. The molecule has 8 heteroatoms. The van der Waals surface area contributed by atoms with E-state index in [1.54, 1.807) is 19.9 Å². The summed E-state index contributed by atoms with van der Waals surface area (Å²) in [5.74, 6) is -1.29. The van der Waals surface area contributed by atoms with Crippen LogP contribution in [0.2, 0.25) is 0 Å². The number of aliphatic hydroxyl groups is 2. The highest BCUT2D eigenvalue weighted by molar-refractivity contribution is 5.87. The molecule has 5 atom stereocenters. The minimum Gasteiger partial charge on any atom is -0.459 e. The third-order valence-corrected chi connectivity index (χ3v) is 6.16. The molecular weight excluding hydrogens is 378 g/mol. The van der Waals surface area contributed by atoms with Crippen LogP contribution in [-0.2, 0) is 23.8 Å². The number of ether oxygens (including phenoxy) is 3. The van der Waals surface area contributed by atoms with Crippen LogP contribution in [0.1, 0.15) is 41.0 Å². The average Bonchev–Trinajstić information content (AvgIpc) is 3.26. The summed E-state index contributed by atoms with van der Waals surface area (Å²) in [7, 11) is 1.35. The van der Waals surface area contributed by atoms with Crippen molar-refractivity contribution in [1.82, 2.24) is 0 Å². The minimum absolute atomic E-state index is 0.0432. The number of quaternary nitrogens is 1. The van der Waals surface area contributed by atoms with Crippen LogP contribution in [0, 0.1) is 0 Å². The smallest absolute Gasteiger partial charge is 0.344 e. The first-order chi connectivity index (χ1) is 13.5. The Labute approximate surface area is 172 Å². The number of hydrogen-bond donors (Lipinski definition) is 3. The molecule has 0 aromatic heterocycles. The second kappa shape index (κ2) is 8.95. The van der Waals surface area contributed by atoms with Gasteiger partial charge in [0.1, 0.15) is 12.2 Å². The van der Waals surface area contributed by atoms with Gasteiger partial charge in [0.15, 0.2) is 12.1 Å². The molecule has 2 aliphatic rings. The maximum atomic E-state index is 12.7. The molecule has 0 bridgehead atoms. The van der Waals surface area contributed by atoms with Gasteiger partial charge in [-0.05, 0) is 40.7 Å². The molecule has 2 aliphatic heterocycles. The molecule has 1 saturated heterocycles. The zero-order valence-corrected chi connectivity index (χ0v) is 18.2. The molecule has 8 nitrogen and oxygen atoms in total. The van der Waals surface area contributed by atoms with E-state index in [1.165, 1.54) is 32.8 Å². The van der Waals surface area contributed by atoms with Crippen LogP contribution in [0.5, 0.6) is 0 Å². The number of nitrogens with one attached hydrogen (secondary N) is 1. The van der Waals surface area contributed by atoms with E-state index in [0.29, 0.717) is 5.57 Å². The van der Waals surface area contributed by atoms with Crippen molar-refractivity contribution in [3.05, 3.63) is 23.3 Å². The van der Waals surface area contributed by atoms with Crippen molar-refractivity contribution in [1.29, 1.82) is 0 Å². The lowest BCUT2D eigenvalue weighted by Gasteiger charge is -2.39. The fourth-order valence-electron chi connectivity index (χ4n) is 4.00. The number of esters is 2. The summed E-state index contributed by atoms with van der Waals surface area (Å²) in [5.41, 5.74) is -2.59. The molecule has 0 spiro atoms. The highest BCUT2D eigenvalue weighted by Gasteiger charge is 2.55. The van der Waals surface area contributed by atoms with Crippen molar-refractivity contribution < 1.29 is 38.9 Å². The normalized spacial score (nSPS) is 27.7. The van der Waals surface area contributed by atoms with E-state index >= 15 is 0 Å². The van der Waals surface area contributed by atoms with Crippen LogP contribution >= 0.6 is 0 Å². The SMILES string of the molecule is C/C=C(/C)C(=O)O[C@H]1CC[NH+]2CC=C(COC(=O)[C@](O)([C@H](C)OC)C(C)(C)O)[C@H]12. The summed E-state index contributed by atoms with van der Waals surface area (Å²) < 4.78 is 16.2. The Kier molecular flexibility index (Phi) is 7.27. The molecule has 3 N–H and O–H groups in total. The molecule has 1 fully saturated rings.